The van der Waals surface area contributed by atoms with E-state index < -0.39 is 0 Å². The molecule has 1 aliphatic rings. The second kappa shape index (κ2) is 6.57. The van der Waals surface area contributed by atoms with Crippen molar-refractivity contribution in [3.63, 3.8) is 0 Å². The lowest BCUT2D eigenvalue weighted by atomic mass is 10.00. The summed E-state index contributed by atoms with van der Waals surface area (Å²) >= 11 is 1.70. The standard InChI is InChI=1S/C14H25N3OS/c1-10(11-7-5-6-8-11)15-9-12-13(18-4)16-14(19-12)17(2)3/h10-11,15H,5-9H2,1-4H3/t10-/m0/s1. The molecule has 0 bridgehead atoms. The van der Waals surface area contributed by atoms with Crippen molar-refractivity contribution >= 4 is 16.5 Å². The minimum absolute atomic E-state index is 0.581. The zero-order valence-corrected chi connectivity index (χ0v) is 13.2. The summed E-state index contributed by atoms with van der Waals surface area (Å²) in [5.41, 5.74) is 0. The molecule has 2 rings (SSSR count). The molecule has 108 valence electrons. The Morgan fingerprint density at radius 3 is 2.68 bits per heavy atom. The number of ether oxygens (including phenoxy) is 1. The Hall–Kier alpha value is -0.810. The van der Waals surface area contributed by atoms with E-state index in [-0.39, 0.29) is 0 Å². The van der Waals surface area contributed by atoms with Gasteiger partial charge in [-0.25, -0.2) is 0 Å². The summed E-state index contributed by atoms with van der Waals surface area (Å²) < 4.78 is 5.37. The van der Waals surface area contributed by atoms with Crippen molar-refractivity contribution < 1.29 is 4.74 Å². The van der Waals surface area contributed by atoms with Crippen LogP contribution in [0.4, 0.5) is 5.13 Å². The number of rotatable bonds is 6. The van der Waals surface area contributed by atoms with E-state index in [0.717, 1.165) is 23.5 Å². The van der Waals surface area contributed by atoms with Crippen LogP contribution in [0.3, 0.4) is 0 Å². The number of hydrogen-bond acceptors (Lipinski definition) is 5. The van der Waals surface area contributed by atoms with Gasteiger partial charge in [-0.15, -0.1) is 0 Å². The maximum atomic E-state index is 5.37. The van der Waals surface area contributed by atoms with Crippen LogP contribution in [0.1, 0.15) is 37.5 Å². The fraction of sp³-hybridized carbons (Fsp3) is 0.786. The number of nitrogens with zero attached hydrogens (tertiary/aromatic N) is 2. The number of methoxy groups -OCH3 is 1. The summed E-state index contributed by atoms with van der Waals surface area (Å²) in [5, 5.41) is 4.64. The SMILES string of the molecule is COc1nc(N(C)C)sc1CN[C@@H](C)C1CCCC1. The lowest BCUT2D eigenvalue weighted by Gasteiger charge is -2.20. The third-order valence-electron chi connectivity index (χ3n) is 3.92. The van der Waals surface area contributed by atoms with Crippen LogP contribution in [0.15, 0.2) is 0 Å². The van der Waals surface area contributed by atoms with Gasteiger partial charge in [0.25, 0.3) is 0 Å². The van der Waals surface area contributed by atoms with E-state index in [0.29, 0.717) is 6.04 Å². The van der Waals surface area contributed by atoms with Gasteiger partial charge in [0, 0.05) is 26.7 Å². The van der Waals surface area contributed by atoms with Crippen molar-refractivity contribution in [2.75, 3.05) is 26.1 Å². The summed E-state index contributed by atoms with van der Waals surface area (Å²) in [6.07, 6.45) is 5.53. The Labute approximate surface area is 120 Å². The predicted molar refractivity (Wildman–Crippen MR) is 81.3 cm³/mol. The van der Waals surface area contributed by atoms with Gasteiger partial charge in [-0.1, -0.05) is 24.2 Å². The van der Waals surface area contributed by atoms with Crippen molar-refractivity contribution in [2.45, 2.75) is 45.2 Å². The van der Waals surface area contributed by atoms with Crippen LogP contribution in [0.5, 0.6) is 5.88 Å². The molecule has 0 saturated heterocycles. The van der Waals surface area contributed by atoms with Crippen molar-refractivity contribution in [1.82, 2.24) is 10.3 Å². The van der Waals surface area contributed by atoms with E-state index in [9.17, 15) is 0 Å². The van der Waals surface area contributed by atoms with Crippen LogP contribution in [0, 0.1) is 5.92 Å². The molecule has 5 heteroatoms. The van der Waals surface area contributed by atoms with Crippen LogP contribution in [0.25, 0.3) is 0 Å². The average molecular weight is 283 g/mol. The Morgan fingerprint density at radius 1 is 1.42 bits per heavy atom. The molecule has 19 heavy (non-hydrogen) atoms. The molecule has 1 fully saturated rings. The van der Waals surface area contributed by atoms with Crippen LogP contribution in [-0.2, 0) is 6.54 Å². The lowest BCUT2D eigenvalue weighted by molar-refractivity contribution is 0.369. The highest BCUT2D eigenvalue weighted by molar-refractivity contribution is 7.15. The predicted octanol–water partition coefficient (Wildman–Crippen LogP) is 2.89. The van der Waals surface area contributed by atoms with Crippen LogP contribution < -0.4 is 15.0 Å². The Kier molecular flexibility index (Phi) is 5.05. The monoisotopic (exact) mass is 283 g/mol. The molecule has 0 aromatic carbocycles. The molecule has 0 unspecified atom stereocenters. The van der Waals surface area contributed by atoms with Gasteiger partial charge >= 0.3 is 0 Å². The fourth-order valence-corrected chi connectivity index (χ4v) is 3.57. The quantitative estimate of drug-likeness (QED) is 0.871. The van der Waals surface area contributed by atoms with E-state index in [1.807, 2.05) is 19.0 Å². The van der Waals surface area contributed by atoms with Gasteiger partial charge in [0.05, 0.1) is 12.0 Å². The van der Waals surface area contributed by atoms with Gasteiger partial charge in [0.15, 0.2) is 5.13 Å². The molecule has 4 nitrogen and oxygen atoms in total. The highest BCUT2D eigenvalue weighted by atomic mass is 32.1. The van der Waals surface area contributed by atoms with Crippen molar-refractivity contribution in [3.8, 4) is 5.88 Å². The first-order valence-electron chi connectivity index (χ1n) is 7.06. The second-order valence-corrected chi connectivity index (χ2v) is 6.60. The first-order valence-corrected chi connectivity index (χ1v) is 7.88. The summed E-state index contributed by atoms with van der Waals surface area (Å²) in [7, 11) is 5.71. The molecule has 1 N–H and O–H groups in total. The normalized spacial score (nSPS) is 17.7. The highest BCUT2D eigenvalue weighted by Crippen LogP contribution is 2.31. The van der Waals surface area contributed by atoms with Gasteiger partial charge in [0.2, 0.25) is 5.88 Å². The van der Waals surface area contributed by atoms with E-state index in [2.05, 4.69) is 17.2 Å². The molecular formula is C14H25N3OS. The molecule has 0 spiro atoms. The molecule has 0 radical (unpaired) electrons. The number of hydrogen-bond donors (Lipinski definition) is 1. The van der Waals surface area contributed by atoms with E-state index in [1.54, 1.807) is 18.4 Å². The topological polar surface area (TPSA) is 37.4 Å². The van der Waals surface area contributed by atoms with Crippen LogP contribution >= 0.6 is 11.3 Å². The third kappa shape index (κ3) is 3.60. The molecule has 1 heterocycles. The third-order valence-corrected chi connectivity index (χ3v) is 5.12. The Morgan fingerprint density at radius 2 is 2.11 bits per heavy atom. The number of thiazole rings is 1. The molecule has 1 saturated carbocycles. The molecule has 1 aliphatic carbocycles. The maximum Gasteiger partial charge on any atom is 0.230 e. The Bertz CT molecular complexity index is 399. The molecule has 1 aromatic rings. The molecular weight excluding hydrogens is 258 g/mol. The summed E-state index contributed by atoms with van der Waals surface area (Å²) in [5.74, 6) is 1.60. The smallest absolute Gasteiger partial charge is 0.230 e. The minimum atomic E-state index is 0.581. The van der Waals surface area contributed by atoms with Crippen molar-refractivity contribution in [2.24, 2.45) is 5.92 Å². The second-order valence-electron chi connectivity index (χ2n) is 5.54. The molecule has 0 amide bonds. The van der Waals surface area contributed by atoms with Gasteiger partial charge < -0.3 is 15.0 Å². The van der Waals surface area contributed by atoms with E-state index in [1.165, 1.54) is 30.6 Å². The minimum Gasteiger partial charge on any atom is -0.480 e. The number of nitrogens with one attached hydrogen (secondary N) is 1. The van der Waals surface area contributed by atoms with Gasteiger partial charge in [-0.3, -0.25) is 0 Å². The first-order chi connectivity index (χ1) is 9.11. The summed E-state index contributed by atoms with van der Waals surface area (Å²) in [6.45, 7) is 3.16. The highest BCUT2D eigenvalue weighted by Gasteiger charge is 2.22. The van der Waals surface area contributed by atoms with Crippen molar-refractivity contribution in [1.29, 1.82) is 0 Å². The molecule has 0 aliphatic heterocycles. The van der Waals surface area contributed by atoms with Gasteiger partial charge in [0.1, 0.15) is 0 Å². The fourth-order valence-electron chi connectivity index (χ4n) is 2.67. The molecule has 1 aromatic heterocycles. The zero-order valence-electron chi connectivity index (χ0n) is 12.4. The summed E-state index contributed by atoms with van der Waals surface area (Å²) in [4.78, 5) is 7.70. The van der Waals surface area contributed by atoms with Crippen LogP contribution in [0.2, 0.25) is 0 Å². The number of anilines is 1. The molecule has 1 atom stereocenters. The van der Waals surface area contributed by atoms with E-state index in [4.69, 9.17) is 4.74 Å². The zero-order chi connectivity index (χ0) is 13.8. The first kappa shape index (κ1) is 14.6. The van der Waals surface area contributed by atoms with Gasteiger partial charge in [-0.2, -0.15) is 4.98 Å². The van der Waals surface area contributed by atoms with Crippen LogP contribution in [-0.4, -0.2) is 32.2 Å². The van der Waals surface area contributed by atoms with Crippen molar-refractivity contribution in [3.05, 3.63) is 4.88 Å². The van der Waals surface area contributed by atoms with E-state index >= 15 is 0 Å². The Balaban J connectivity index is 1.94. The lowest BCUT2D eigenvalue weighted by Crippen LogP contribution is -2.31. The largest absolute Gasteiger partial charge is 0.480 e. The number of aromatic nitrogens is 1. The average Bonchev–Trinajstić information content (AvgIpc) is 3.04. The van der Waals surface area contributed by atoms with Gasteiger partial charge in [-0.05, 0) is 25.7 Å². The maximum absolute atomic E-state index is 5.37. The summed E-state index contributed by atoms with van der Waals surface area (Å²) in [6, 6.07) is 0.581.